The van der Waals surface area contributed by atoms with Crippen LogP contribution in [0.25, 0.3) is 0 Å². The lowest BCUT2D eigenvalue weighted by Crippen LogP contribution is -2.59. The second kappa shape index (κ2) is 5.13. The van der Waals surface area contributed by atoms with E-state index in [1.807, 2.05) is 24.3 Å². The average molecular weight is 276 g/mol. The molecular weight excluding hydrogens is 260 g/mol. The van der Waals surface area contributed by atoms with Crippen LogP contribution in [0.1, 0.15) is 5.56 Å². The minimum atomic E-state index is -0.916. The second-order valence-electron chi connectivity index (χ2n) is 5.14. The smallest absolute Gasteiger partial charge is 0.322 e. The van der Waals surface area contributed by atoms with Gasteiger partial charge in [0.1, 0.15) is 17.9 Å². The lowest BCUT2D eigenvalue weighted by Gasteiger charge is -2.33. The number of nitrogens with zero attached hydrogens (tertiary/aromatic N) is 1. The molecule has 0 saturated carbocycles. The first-order chi connectivity index (χ1) is 9.63. The summed E-state index contributed by atoms with van der Waals surface area (Å²) in [5.41, 5.74) is 1.13. The number of carboxylic acid groups (broad SMARTS) is 1. The fraction of sp³-hybridized carbons (Fsp3) is 0.429. The number of rotatable bonds is 3. The number of ether oxygens (including phenoxy) is 1. The molecule has 1 aromatic carbocycles. The highest BCUT2D eigenvalue weighted by Gasteiger charge is 2.35. The van der Waals surface area contributed by atoms with Crippen LogP contribution in [0.15, 0.2) is 24.3 Å². The lowest BCUT2D eigenvalue weighted by molar-refractivity contribution is -0.146. The predicted octanol–water partition coefficient (Wildman–Crippen LogP) is -0.125. The van der Waals surface area contributed by atoms with Crippen LogP contribution in [0.3, 0.4) is 0 Å². The molecule has 0 bridgehead atoms. The van der Waals surface area contributed by atoms with Crippen molar-refractivity contribution in [2.45, 2.75) is 18.6 Å². The van der Waals surface area contributed by atoms with Crippen molar-refractivity contribution in [1.82, 2.24) is 10.2 Å². The van der Waals surface area contributed by atoms with Crippen molar-refractivity contribution in [2.24, 2.45) is 0 Å². The van der Waals surface area contributed by atoms with Gasteiger partial charge in [-0.2, -0.15) is 0 Å². The normalized spacial score (nSPS) is 25.7. The Morgan fingerprint density at radius 2 is 2.25 bits per heavy atom. The molecule has 106 valence electrons. The molecule has 2 aliphatic heterocycles. The summed E-state index contributed by atoms with van der Waals surface area (Å²) in [5, 5.41) is 11.8. The molecule has 6 nitrogen and oxygen atoms in total. The van der Waals surface area contributed by atoms with Crippen LogP contribution in [-0.4, -0.2) is 53.7 Å². The largest absolute Gasteiger partial charge is 0.488 e. The van der Waals surface area contributed by atoms with Gasteiger partial charge in [-0.15, -0.1) is 0 Å². The number of nitrogens with one attached hydrogen (secondary N) is 1. The number of benzene rings is 1. The molecule has 1 saturated heterocycles. The minimum absolute atomic E-state index is 0.0971. The maximum Gasteiger partial charge on any atom is 0.322 e. The quantitative estimate of drug-likeness (QED) is 0.804. The van der Waals surface area contributed by atoms with Crippen LogP contribution in [0.4, 0.5) is 0 Å². The fourth-order valence-electron chi connectivity index (χ4n) is 2.74. The summed E-state index contributed by atoms with van der Waals surface area (Å²) in [7, 11) is 0. The summed E-state index contributed by atoms with van der Waals surface area (Å²) >= 11 is 0. The fourth-order valence-corrected chi connectivity index (χ4v) is 2.74. The van der Waals surface area contributed by atoms with Gasteiger partial charge in [0.2, 0.25) is 5.91 Å². The Labute approximate surface area is 116 Å². The first-order valence-corrected chi connectivity index (χ1v) is 6.61. The highest BCUT2D eigenvalue weighted by Crippen LogP contribution is 2.28. The van der Waals surface area contributed by atoms with Gasteiger partial charge in [-0.25, -0.2) is 0 Å². The van der Waals surface area contributed by atoms with Gasteiger partial charge in [-0.1, -0.05) is 18.2 Å². The zero-order valence-electron chi connectivity index (χ0n) is 10.9. The number of carboxylic acids is 1. The highest BCUT2D eigenvalue weighted by molar-refractivity contribution is 5.83. The molecule has 1 aromatic rings. The first-order valence-electron chi connectivity index (χ1n) is 6.61. The van der Waals surface area contributed by atoms with Crippen LogP contribution in [0.2, 0.25) is 0 Å². The van der Waals surface area contributed by atoms with E-state index in [1.54, 1.807) is 4.90 Å². The minimum Gasteiger partial charge on any atom is -0.488 e. The molecule has 2 N–H and O–H groups in total. The van der Waals surface area contributed by atoms with E-state index < -0.39 is 12.0 Å². The number of piperazine rings is 1. The molecule has 0 radical (unpaired) electrons. The molecule has 1 amide bonds. The molecule has 0 aliphatic carbocycles. The van der Waals surface area contributed by atoms with Crippen LogP contribution >= 0.6 is 0 Å². The van der Waals surface area contributed by atoms with Crippen molar-refractivity contribution < 1.29 is 19.4 Å². The van der Waals surface area contributed by atoms with Gasteiger partial charge in [-0.05, 0) is 11.6 Å². The Morgan fingerprint density at radius 1 is 1.45 bits per heavy atom. The van der Waals surface area contributed by atoms with E-state index in [2.05, 4.69) is 5.32 Å². The van der Waals surface area contributed by atoms with E-state index in [4.69, 9.17) is 4.74 Å². The monoisotopic (exact) mass is 276 g/mol. The van der Waals surface area contributed by atoms with Gasteiger partial charge in [-0.3, -0.25) is 14.5 Å². The number of hydrogen-bond acceptors (Lipinski definition) is 4. The number of aliphatic carboxylic acids is 1. The molecule has 20 heavy (non-hydrogen) atoms. The van der Waals surface area contributed by atoms with Gasteiger partial charge in [0.15, 0.2) is 0 Å². The highest BCUT2D eigenvalue weighted by atomic mass is 16.5. The van der Waals surface area contributed by atoms with Crippen molar-refractivity contribution in [3.05, 3.63) is 29.8 Å². The van der Waals surface area contributed by atoms with Crippen LogP contribution in [-0.2, 0) is 16.0 Å². The third-order valence-electron chi connectivity index (χ3n) is 3.72. The number of fused-ring (bicyclic) bond motifs is 1. The van der Waals surface area contributed by atoms with Gasteiger partial charge in [0, 0.05) is 19.5 Å². The van der Waals surface area contributed by atoms with E-state index in [1.165, 1.54) is 0 Å². The number of carbonyl (C=O) groups excluding carboxylic acids is 1. The van der Waals surface area contributed by atoms with Crippen molar-refractivity contribution in [1.29, 1.82) is 0 Å². The molecule has 2 aliphatic rings. The summed E-state index contributed by atoms with van der Waals surface area (Å²) < 4.78 is 5.81. The maximum atomic E-state index is 11.4. The predicted molar refractivity (Wildman–Crippen MR) is 70.6 cm³/mol. The first kappa shape index (κ1) is 12.9. The van der Waals surface area contributed by atoms with Crippen molar-refractivity contribution in [2.75, 3.05) is 19.6 Å². The third kappa shape index (κ3) is 2.46. The molecule has 0 aromatic heterocycles. The summed E-state index contributed by atoms with van der Waals surface area (Å²) in [5.74, 6) is -0.204. The molecule has 2 unspecified atom stereocenters. The van der Waals surface area contributed by atoms with E-state index in [9.17, 15) is 14.7 Å². The molecule has 3 rings (SSSR count). The molecular formula is C14H16N2O4. The van der Waals surface area contributed by atoms with E-state index in [0.717, 1.165) is 17.7 Å². The number of carbonyl (C=O) groups is 2. The molecule has 2 atom stereocenters. The second-order valence-corrected chi connectivity index (χ2v) is 5.14. The number of hydrogen-bond donors (Lipinski definition) is 2. The maximum absolute atomic E-state index is 11.4. The lowest BCUT2D eigenvalue weighted by atomic mass is 10.1. The van der Waals surface area contributed by atoms with Crippen LogP contribution in [0, 0.1) is 0 Å². The van der Waals surface area contributed by atoms with Crippen molar-refractivity contribution in [3.63, 3.8) is 0 Å². The molecule has 0 spiro atoms. The summed E-state index contributed by atoms with van der Waals surface area (Å²) in [6.45, 7) is 0.695. The van der Waals surface area contributed by atoms with Gasteiger partial charge >= 0.3 is 5.97 Å². The Balaban J connectivity index is 1.68. The Bertz CT molecular complexity index is 521. The van der Waals surface area contributed by atoms with E-state index >= 15 is 0 Å². The summed E-state index contributed by atoms with van der Waals surface area (Å²) in [6.07, 6.45) is 0.654. The standard InChI is InChI=1S/C14H16N2O4/c17-13-8-16(11(6-15-13)14(18)19)7-10-5-9-3-1-2-4-12(9)20-10/h1-4,10-11H,5-8H2,(H,15,17)(H,18,19). The topological polar surface area (TPSA) is 78.9 Å². The van der Waals surface area contributed by atoms with Crippen LogP contribution < -0.4 is 10.1 Å². The van der Waals surface area contributed by atoms with Gasteiger partial charge in [0.25, 0.3) is 0 Å². The van der Waals surface area contributed by atoms with Crippen molar-refractivity contribution >= 4 is 11.9 Å². The van der Waals surface area contributed by atoms with Crippen LogP contribution in [0.5, 0.6) is 5.75 Å². The van der Waals surface area contributed by atoms with E-state index in [-0.39, 0.29) is 25.1 Å². The Morgan fingerprint density at radius 3 is 3.00 bits per heavy atom. The summed E-state index contributed by atoms with van der Waals surface area (Å²) in [6, 6.07) is 7.11. The molecule has 6 heteroatoms. The van der Waals surface area contributed by atoms with Crippen molar-refractivity contribution in [3.8, 4) is 5.75 Å². The van der Waals surface area contributed by atoms with E-state index in [0.29, 0.717) is 6.54 Å². The molecule has 1 fully saturated rings. The van der Waals surface area contributed by atoms with Gasteiger partial charge < -0.3 is 15.2 Å². The Hall–Kier alpha value is -2.08. The Kier molecular flexibility index (Phi) is 3.31. The summed E-state index contributed by atoms with van der Waals surface area (Å²) in [4.78, 5) is 24.4. The molecule has 2 heterocycles. The van der Waals surface area contributed by atoms with Gasteiger partial charge in [0.05, 0.1) is 6.54 Å². The average Bonchev–Trinajstić information content (AvgIpc) is 2.80. The zero-order chi connectivity index (χ0) is 14.1. The third-order valence-corrected chi connectivity index (χ3v) is 3.72. The number of amides is 1. The number of para-hydroxylation sites is 1. The SMILES string of the molecule is O=C1CN(CC2Cc3ccccc3O2)C(C(=O)O)CN1. The zero-order valence-corrected chi connectivity index (χ0v) is 10.9.